The molecule has 0 fully saturated rings. The Morgan fingerprint density at radius 1 is 1.50 bits per heavy atom. The molecule has 0 saturated heterocycles. The second-order valence-corrected chi connectivity index (χ2v) is 7.07. The molecule has 1 aliphatic heterocycles. The molecule has 1 aliphatic rings. The summed E-state index contributed by atoms with van der Waals surface area (Å²) in [5.41, 5.74) is 0.420. The number of imide groups is 1. The zero-order chi connectivity index (χ0) is 19.3. The van der Waals surface area contributed by atoms with Crippen molar-refractivity contribution in [2.45, 2.75) is 19.3 Å². The van der Waals surface area contributed by atoms with E-state index >= 15 is 0 Å². The zero-order valence-electron chi connectivity index (χ0n) is 15.3. The summed E-state index contributed by atoms with van der Waals surface area (Å²) in [6, 6.07) is 3.66. The van der Waals surface area contributed by atoms with E-state index in [-0.39, 0.29) is 18.4 Å². The minimum atomic E-state index is -0.719. The number of anilines is 1. The van der Waals surface area contributed by atoms with Crippen LogP contribution < -0.4 is 5.01 Å². The van der Waals surface area contributed by atoms with E-state index in [0.717, 1.165) is 10.6 Å². The van der Waals surface area contributed by atoms with Gasteiger partial charge in [0.15, 0.2) is 0 Å². The lowest BCUT2D eigenvalue weighted by molar-refractivity contribution is -0.130. The Kier molecular flexibility index (Phi) is 7.31. The number of likely N-dealkylation sites (N-methyl/N-ethyl adjacent to an activating group) is 1. The maximum atomic E-state index is 12.9. The van der Waals surface area contributed by atoms with Crippen LogP contribution in [0.2, 0.25) is 0 Å². The second-order valence-electron chi connectivity index (χ2n) is 5.75. The average Bonchev–Trinajstić information content (AvgIpc) is 2.92. The van der Waals surface area contributed by atoms with Crippen LogP contribution in [0.5, 0.6) is 0 Å². The molecule has 2 amide bonds. The van der Waals surface area contributed by atoms with Crippen molar-refractivity contribution in [3.8, 4) is 0 Å². The number of hydrogen-bond acceptors (Lipinski definition) is 7. The van der Waals surface area contributed by atoms with Crippen LogP contribution in [0, 0.1) is 5.92 Å². The molecule has 0 aliphatic carbocycles. The Hall–Kier alpha value is -1.77. The van der Waals surface area contributed by atoms with Gasteiger partial charge in [-0.1, -0.05) is 18.5 Å². The van der Waals surface area contributed by atoms with E-state index in [2.05, 4.69) is 4.98 Å². The van der Waals surface area contributed by atoms with Crippen LogP contribution >= 0.6 is 23.4 Å². The number of thioether (sulfide) groups is 1. The minimum Gasteiger partial charge on any atom is -0.449 e. The number of hydrazine groups is 1. The van der Waals surface area contributed by atoms with Crippen LogP contribution in [-0.4, -0.2) is 58.1 Å². The Morgan fingerprint density at radius 3 is 2.81 bits per heavy atom. The van der Waals surface area contributed by atoms with Gasteiger partial charge in [-0.2, -0.15) is 16.8 Å². The summed E-state index contributed by atoms with van der Waals surface area (Å²) in [6.45, 7) is 3.65. The van der Waals surface area contributed by atoms with E-state index in [4.69, 9.17) is 16.3 Å². The quantitative estimate of drug-likeness (QED) is 0.538. The van der Waals surface area contributed by atoms with Crippen molar-refractivity contribution in [3.63, 3.8) is 0 Å². The molecule has 2 atom stereocenters. The largest absolute Gasteiger partial charge is 0.449 e. The first-order valence-corrected chi connectivity index (χ1v) is 10.0. The molecule has 1 aromatic rings. The van der Waals surface area contributed by atoms with Gasteiger partial charge in [-0.15, -0.1) is 0 Å². The third-order valence-corrected chi connectivity index (χ3v) is 5.18. The standard InChI is InChI=1S/C17H23ClN4O3S/c1-5-25-17(24)22(16(23)12(2)11-26-4)14-10-21(20(3)15(14)18)13-7-6-8-19-9-13/h6-10,12,15H,5,11H2,1-4H3. The molecule has 0 spiro atoms. The van der Waals surface area contributed by atoms with E-state index in [1.54, 1.807) is 67.3 Å². The number of carbonyl (C=O) groups excluding carboxylic acids is 2. The Morgan fingerprint density at radius 2 is 2.23 bits per heavy atom. The van der Waals surface area contributed by atoms with Crippen LogP contribution in [0.25, 0.3) is 0 Å². The summed E-state index contributed by atoms with van der Waals surface area (Å²) in [5, 5.41) is 3.46. The number of hydrogen-bond donors (Lipinski definition) is 0. The molecule has 1 aromatic heterocycles. The lowest BCUT2D eigenvalue weighted by Gasteiger charge is -2.28. The molecule has 0 radical (unpaired) electrons. The molecule has 9 heteroatoms. The fourth-order valence-electron chi connectivity index (χ4n) is 2.54. The predicted octanol–water partition coefficient (Wildman–Crippen LogP) is 3.14. The van der Waals surface area contributed by atoms with E-state index in [0.29, 0.717) is 11.4 Å². The summed E-state index contributed by atoms with van der Waals surface area (Å²) in [6.07, 6.45) is 6.20. The van der Waals surface area contributed by atoms with E-state index in [9.17, 15) is 9.59 Å². The summed E-state index contributed by atoms with van der Waals surface area (Å²) in [5.74, 6) is -0.0926. The normalized spacial score (nSPS) is 18.4. The van der Waals surface area contributed by atoms with Crippen molar-refractivity contribution in [1.82, 2.24) is 14.9 Å². The Bertz CT molecular complexity index is 673. The second kappa shape index (κ2) is 9.25. The number of nitrogens with zero attached hydrogens (tertiary/aromatic N) is 4. The third kappa shape index (κ3) is 4.31. The van der Waals surface area contributed by atoms with Gasteiger partial charge in [-0.3, -0.25) is 14.8 Å². The molecule has 26 heavy (non-hydrogen) atoms. The minimum absolute atomic E-state index is 0.169. The molecular weight excluding hydrogens is 376 g/mol. The van der Waals surface area contributed by atoms with Crippen molar-refractivity contribution in [2.24, 2.45) is 5.92 Å². The van der Waals surface area contributed by atoms with Crippen LogP contribution in [0.1, 0.15) is 13.8 Å². The summed E-state index contributed by atoms with van der Waals surface area (Å²) in [7, 11) is 1.77. The maximum absolute atomic E-state index is 12.9. The number of alkyl halides is 1. The fraction of sp³-hybridized carbons (Fsp3) is 0.471. The van der Waals surface area contributed by atoms with Crippen molar-refractivity contribution in [3.05, 3.63) is 36.4 Å². The van der Waals surface area contributed by atoms with Gasteiger partial charge in [0.2, 0.25) is 5.91 Å². The number of ether oxygens (including phenoxy) is 1. The van der Waals surface area contributed by atoms with Gasteiger partial charge in [0.05, 0.1) is 24.2 Å². The molecule has 0 N–H and O–H groups in total. The highest BCUT2D eigenvalue weighted by atomic mass is 35.5. The van der Waals surface area contributed by atoms with Crippen molar-refractivity contribution >= 4 is 41.1 Å². The van der Waals surface area contributed by atoms with Gasteiger partial charge >= 0.3 is 6.09 Å². The highest BCUT2D eigenvalue weighted by Gasteiger charge is 2.40. The van der Waals surface area contributed by atoms with E-state index < -0.39 is 11.6 Å². The SMILES string of the molecule is CCOC(=O)N(C(=O)C(C)CSC)C1=CN(c2cccnc2)N(C)C1Cl. The number of amides is 2. The van der Waals surface area contributed by atoms with E-state index in [1.807, 2.05) is 12.3 Å². The number of rotatable bonds is 6. The molecule has 2 rings (SSSR count). The smallest absolute Gasteiger partial charge is 0.421 e. The summed E-state index contributed by atoms with van der Waals surface area (Å²) < 4.78 is 5.10. The number of aromatic nitrogens is 1. The fourth-order valence-corrected chi connectivity index (χ4v) is 3.43. The lowest BCUT2D eigenvalue weighted by atomic mass is 10.2. The van der Waals surface area contributed by atoms with Crippen LogP contribution in [0.4, 0.5) is 10.5 Å². The number of carbonyl (C=O) groups is 2. The third-order valence-electron chi connectivity index (χ3n) is 3.84. The Labute approximate surface area is 162 Å². The molecule has 142 valence electrons. The molecule has 0 bridgehead atoms. The average molecular weight is 399 g/mol. The monoisotopic (exact) mass is 398 g/mol. The van der Waals surface area contributed by atoms with Crippen LogP contribution in [0.15, 0.2) is 36.4 Å². The molecule has 7 nitrogen and oxygen atoms in total. The van der Waals surface area contributed by atoms with Gasteiger partial charge in [-0.05, 0) is 25.3 Å². The topological polar surface area (TPSA) is 66.0 Å². The van der Waals surface area contributed by atoms with Crippen LogP contribution in [0.3, 0.4) is 0 Å². The van der Waals surface area contributed by atoms with Gasteiger partial charge in [0, 0.05) is 31.1 Å². The first-order valence-electron chi connectivity index (χ1n) is 8.19. The molecule has 2 heterocycles. The van der Waals surface area contributed by atoms with E-state index in [1.165, 1.54) is 0 Å². The Balaban J connectivity index is 2.39. The lowest BCUT2D eigenvalue weighted by Crippen LogP contribution is -2.44. The predicted molar refractivity (Wildman–Crippen MR) is 104 cm³/mol. The molecule has 0 saturated carbocycles. The van der Waals surface area contributed by atoms with Crippen LogP contribution in [-0.2, 0) is 9.53 Å². The van der Waals surface area contributed by atoms with Gasteiger partial charge in [0.25, 0.3) is 0 Å². The highest BCUT2D eigenvalue weighted by Crippen LogP contribution is 2.32. The highest BCUT2D eigenvalue weighted by molar-refractivity contribution is 7.98. The molecular formula is C17H23ClN4O3S. The van der Waals surface area contributed by atoms with Gasteiger partial charge in [0.1, 0.15) is 5.50 Å². The van der Waals surface area contributed by atoms with Gasteiger partial charge < -0.3 is 4.74 Å². The van der Waals surface area contributed by atoms with Gasteiger partial charge in [-0.25, -0.2) is 9.69 Å². The maximum Gasteiger partial charge on any atom is 0.421 e. The van der Waals surface area contributed by atoms with Crippen molar-refractivity contribution < 1.29 is 14.3 Å². The molecule has 0 aromatic carbocycles. The summed E-state index contributed by atoms with van der Waals surface area (Å²) in [4.78, 5) is 30.5. The first-order chi connectivity index (χ1) is 12.4. The van der Waals surface area contributed by atoms with Crippen molar-refractivity contribution in [1.29, 1.82) is 0 Å². The summed E-state index contributed by atoms with van der Waals surface area (Å²) >= 11 is 8.07. The zero-order valence-corrected chi connectivity index (χ0v) is 16.8. The molecule has 2 unspecified atom stereocenters. The number of halogens is 1. The van der Waals surface area contributed by atoms with Crippen molar-refractivity contribution in [2.75, 3.05) is 30.7 Å². The first kappa shape index (κ1) is 20.5. The number of pyridine rings is 1.